The normalized spacial score (nSPS) is 24.2. The van der Waals surface area contributed by atoms with E-state index < -0.39 is 0 Å². The minimum Gasteiger partial charge on any atom is -0.335 e. The highest BCUT2D eigenvalue weighted by Gasteiger charge is 2.38. The molecule has 0 aromatic heterocycles. The average molecular weight is 396 g/mol. The number of benzene rings is 2. The molecule has 2 heterocycles. The van der Waals surface area contributed by atoms with Gasteiger partial charge in [-0.25, -0.2) is 9.18 Å². The van der Waals surface area contributed by atoms with Gasteiger partial charge in [0.1, 0.15) is 5.82 Å². The van der Waals surface area contributed by atoms with E-state index in [1.807, 2.05) is 44.2 Å². The van der Waals surface area contributed by atoms with Crippen LogP contribution in [0, 0.1) is 19.7 Å². The Bertz CT molecular complexity index is 833. The lowest BCUT2D eigenvalue weighted by molar-refractivity contribution is 0.0200. The van der Waals surface area contributed by atoms with Crippen LogP contribution in [-0.4, -0.2) is 29.1 Å². The maximum Gasteiger partial charge on any atom is 0.319 e. The number of carbonyl (C=O) groups excluding carboxylic acids is 1. The second-order valence-corrected chi connectivity index (χ2v) is 8.57. The molecular formula is C24H30FN3O. The van der Waals surface area contributed by atoms with E-state index in [9.17, 15) is 9.18 Å². The predicted molar refractivity (Wildman–Crippen MR) is 114 cm³/mol. The number of hydrogen-bond donors (Lipinski definition) is 2. The molecule has 0 aliphatic carbocycles. The summed E-state index contributed by atoms with van der Waals surface area (Å²) in [7, 11) is 0. The van der Waals surface area contributed by atoms with Crippen LogP contribution in [-0.2, 0) is 6.54 Å². The fourth-order valence-electron chi connectivity index (χ4n) is 5.00. The van der Waals surface area contributed by atoms with Gasteiger partial charge in [0.2, 0.25) is 0 Å². The zero-order chi connectivity index (χ0) is 20.4. The quantitative estimate of drug-likeness (QED) is 0.752. The minimum absolute atomic E-state index is 0.113. The van der Waals surface area contributed by atoms with Crippen molar-refractivity contribution in [2.45, 2.75) is 70.6 Å². The predicted octanol–water partition coefficient (Wildman–Crippen LogP) is 5.15. The molecule has 5 heteroatoms. The molecule has 0 spiro atoms. The van der Waals surface area contributed by atoms with Gasteiger partial charge in [-0.15, -0.1) is 0 Å². The van der Waals surface area contributed by atoms with E-state index in [-0.39, 0.29) is 17.9 Å². The van der Waals surface area contributed by atoms with Gasteiger partial charge in [-0.3, -0.25) is 4.90 Å². The Morgan fingerprint density at radius 2 is 1.66 bits per heavy atom. The molecule has 4 nitrogen and oxygen atoms in total. The summed E-state index contributed by atoms with van der Waals surface area (Å²) in [4.78, 5) is 15.2. The highest BCUT2D eigenvalue weighted by Crippen LogP contribution is 2.35. The smallest absolute Gasteiger partial charge is 0.319 e. The van der Waals surface area contributed by atoms with Crippen LogP contribution in [0.2, 0.25) is 0 Å². The number of urea groups is 1. The highest BCUT2D eigenvalue weighted by atomic mass is 19.1. The van der Waals surface area contributed by atoms with Gasteiger partial charge in [0.15, 0.2) is 0 Å². The van der Waals surface area contributed by atoms with Gasteiger partial charge in [0.25, 0.3) is 0 Å². The van der Waals surface area contributed by atoms with Crippen LogP contribution in [0.4, 0.5) is 14.9 Å². The Kier molecular flexibility index (Phi) is 5.86. The number of anilines is 1. The molecule has 0 radical (unpaired) electrons. The van der Waals surface area contributed by atoms with E-state index in [0.29, 0.717) is 12.1 Å². The zero-order valence-corrected chi connectivity index (χ0v) is 17.2. The Labute approximate surface area is 172 Å². The maximum absolute atomic E-state index is 13.2. The van der Waals surface area contributed by atoms with E-state index in [2.05, 4.69) is 15.5 Å². The molecule has 2 aromatic rings. The first-order valence-electron chi connectivity index (χ1n) is 10.6. The van der Waals surface area contributed by atoms with Gasteiger partial charge in [-0.2, -0.15) is 0 Å². The molecule has 4 rings (SSSR count). The summed E-state index contributed by atoms with van der Waals surface area (Å²) >= 11 is 0. The van der Waals surface area contributed by atoms with Crippen LogP contribution in [0.1, 0.15) is 48.8 Å². The topological polar surface area (TPSA) is 44.4 Å². The lowest BCUT2D eigenvalue weighted by Crippen LogP contribution is -2.56. The molecule has 2 atom stereocenters. The molecule has 0 saturated carbocycles. The van der Waals surface area contributed by atoms with E-state index in [0.717, 1.165) is 54.6 Å². The molecule has 2 aliphatic rings. The highest BCUT2D eigenvalue weighted by molar-refractivity contribution is 5.91. The molecule has 2 amide bonds. The SMILES string of the molecule is Cc1cccc(C)c1NC(=O)NC1C[C@@H]2CCC[C@@H](C1)N2Cc1ccc(F)cc1. The van der Waals surface area contributed by atoms with Crippen molar-refractivity contribution in [3.8, 4) is 0 Å². The Morgan fingerprint density at radius 3 is 2.28 bits per heavy atom. The van der Waals surface area contributed by atoms with Crippen LogP contribution < -0.4 is 10.6 Å². The first-order chi connectivity index (χ1) is 14.0. The number of fused-ring (bicyclic) bond motifs is 2. The van der Waals surface area contributed by atoms with Crippen molar-refractivity contribution < 1.29 is 9.18 Å². The van der Waals surface area contributed by atoms with Gasteiger partial charge < -0.3 is 10.6 Å². The first-order valence-corrected chi connectivity index (χ1v) is 10.6. The van der Waals surface area contributed by atoms with Crippen LogP contribution >= 0.6 is 0 Å². The number of nitrogens with one attached hydrogen (secondary N) is 2. The van der Waals surface area contributed by atoms with E-state index in [4.69, 9.17) is 0 Å². The summed E-state index contributed by atoms with van der Waals surface area (Å²) in [6.45, 7) is 4.89. The maximum atomic E-state index is 13.2. The molecule has 2 fully saturated rings. The molecule has 29 heavy (non-hydrogen) atoms. The third kappa shape index (κ3) is 4.61. The van der Waals surface area contributed by atoms with Crippen molar-refractivity contribution in [3.63, 3.8) is 0 Å². The number of hydrogen-bond acceptors (Lipinski definition) is 2. The standard InChI is InChI=1S/C24H30FN3O/c1-16-5-3-6-17(2)23(16)27-24(29)26-20-13-21-7-4-8-22(14-20)28(21)15-18-9-11-19(25)12-10-18/h3,5-6,9-12,20-22H,4,7-8,13-15H2,1-2H3,(H2,26,27,29)/t21-,22-/m0/s1. The second-order valence-electron chi connectivity index (χ2n) is 8.57. The van der Waals surface area contributed by atoms with Crippen LogP contribution in [0.15, 0.2) is 42.5 Å². The summed E-state index contributed by atoms with van der Waals surface area (Å²) in [6.07, 6.45) is 5.51. The Morgan fingerprint density at radius 1 is 1.03 bits per heavy atom. The summed E-state index contributed by atoms with van der Waals surface area (Å²) in [6, 6.07) is 13.9. The largest absolute Gasteiger partial charge is 0.335 e. The Hall–Kier alpha value is -2.40. The van der Waals surface area contributed by atoms with Gasteiger partial charge in [0.05, 0.1) is 0 Å². The molecule has 2 bridgehead atoms. The summed E-state index contributed by atoms with van der Waals surface area (Å²) < 4.78 is 13.2. The molecule has 2 N–H and O–H groups in total. The zero-order valence-electron chi connectivity index (χ0n) is 17.2. The summed E-state index contributed by atoms with van der Waals surface area (Å²) in [5, 5.41) is 6.26. The van der Waals surface area contributed by atoms with Crippen LogP contribution in [0.5, 0.6) is 0 Å². The van der Waals surface area contributed by atoms with Crippen molar-refractivity contribution in [3.05, 3.63) is 65.0 Å². The number of carbonyl (C=O) groups is 1. The molecule has 2 aromatic carbocycles. The second kappa shape index (κ2) is 8.54. The van der Waals surface area contributed by atoms with Gasteiger partial charge in [0, 0.05) is 30.4 Å². The number of amides is 2. The number of rotatable bonds is 4. The number of nitrogens with zero attached hydrogens (tertiary/aromatic N) is 1. The molecular weight excluding hydrogens is 365 g/mol. The number of halogens is 1. The molecule has 2 saturated heterocycles. The average Bonchev–Trinajstić information content (AvgIpc) is 2.67. The van der Waals surface area contributed by atoms with Crippen LogP contribution in [0.25, 0.3) is 0 Å². The number of para-hydroxylation sites is 1. The van der Waals surface area contributed by atoms with E-state index in [1.54, 1.807) is 0 Å². The van der Waals surface area contributed by atoms with Crippen molar-refractivity contribution >= 4 is 11.7 Å². The number of piperidine rings is 2. The van der Waals surface area contributed by atoms with Gasteiger partial charge in [-0.05, 0) is 68.4 Å². The fraction of sp³-hybridized carbons (Fsp3) is 0.458. The summed E-state index contributed by atoms with van der Waals surface area (Å²) in [5.74, 6) is -0.188. The van der Waals surface area contributed by atoms with Gasteiger partial charge >= 0.3 is 6.03 Å². The van der Waals surface area contributed by atoms with E-state index in [1.165, 1.54) is 18.6 Å². The lowest BCUT2D eigenvalue weighted by Gasteiger charge is -2.49. The monoisotopic (exact) mass is 395 g/mol. The van der Waals surface area contributed by atoms with Crippen molar-refractivity contribution in [1.82, 2.24) is 10.2 Å². The van der Waals surface area contributed by atoms with E-state index >= 15 is 0 Å². The molecule has 0 unspecified atom stereocenters. The molecule has 154 valence electrons. The first kappa shape index (κ1) is 19.9. The molecule has 2 aliphatic heterocycles. The lowest BCUT2D eigenvalue weighted by atomic mass is 9.81. The third-order valence-electron chi connectivity index (χ3n) is 6.46. The van der Waals surface area contributed by atoms with Crippen molar-refractivity contribution in [2.75, 3.05) is 5.32 Å². The summed E-state index contributed by atoms with van der Waals surface area (Å²) in [5.41, 5.74) is 4.21. The third-order valence-corrected chi connectivity index (χ3v) is 6.46. The fourth-order valence-corrected chi connectivity index (χ4v) is 5.00. The van der Waals surface area contributed by atoms with Crippen LogP contribution in [0.3, 0.4) is 0 Å². The van der Waals surface area contributed by atoms with Crippen molar-refractivity contribution in [2.24, 2.45) is 0 Å². The van der Waals surface area contributed by atoms with Gasteiger partial charge in [-0.1, -0.05) is 36.8 Å². The minimum atomic E-state index is -0.188. The van der Waals surface area contributed by atoms with Crippen molar-refractivity contribution in [1.29, 1.82) is 0 Å². The Balaban J connectivity index is 1.38. The number of aryl methyl sites for hydroxylation is 2.